The van der Waals surface area contributed by atoms with Crippen molar-refractivity contribution < 1.29 is 9.26 Å². The number of aromatic nitrogens is 2. The average molecular weight is 276 g/mol. The van der Waals surface area contributed by atoms with E-state index in [2.05, 4.69) is 10.1 Å². The Hall–Kier alpha value is -2.06. The fourth-order valence-electron chi connectivity index (χ4n) is 1.68. The van der Waals surface area contributed by atoms with Crippen molar-refractivity contribution in [2.24, 2.45) is 0 Å². The van der Waals surface area contributed by atoms with Crippen molar-refractivity contribution in [1.29, 1.82) is 5.26 Å². The lowest BCUT2D eigenvalue weighted by Gasteiger charge is -2.05. The van der Waals surface area contributed by atoms with Crippen LogP contribution in [0.15, 0.2) is 22.7 Å². The van der Waals surface area contributed by atoms with Crippen molar-refractivity contribution in [2.45, 2.75) is 25.4 Å². The molecule has 1 aromatic heterocycles. The molecule has 1 heterocycles. The highest BCUT2D eigenvalue weighted by atomic mass is 35.5. The van der Waals surface area contributed by atoms with Crippen molar-refractivity contribution in [3.63, 3.8) is 0 Å². The van der Waals surface area contributed by atoms with Crippen molar-refractivity contribution in [1.82, 2.24) is 10.1 Å². The van der Waals surface area contributed by atoms with Gasteiger partial charge >= 0.3 is 0 Å². The summed E-state index contributed by atoms with van der Waals surface area (Å²) in [6.45, 7) is 0.134. The molecule has 19 heavy (non-hydrogen) atoms. The molecule has 0 bridgehead atoms. The Labute approximate surface area is 114 Å². The third-order valence-corrected chi connectivity index (χ3v) is 3.08. The maximum absolute atomic E-state index is 8.97. The Balaban J connectivity index is 1.71. The molecule has 0 radical (unpaired) electrons. The Bertz CT molecular complexity index is 644. The number of nitrogens with zero attached hydrogens (tertiary/aromatic N) is 3. The summed E-state index contributed by atoms with van der Waals surface area (Å²) in [4.78, 5) is 4.25. The van der Waals surface area contributed by atoms with Crippen molar-refractivity contribution in [3.8, 4) is 11.8 Å². The lowest BCUT2D eigenvalue weighted by molar-refractivity contribution is 0.242. The zero-order valence-corrected chi connectivity index (χ0v) is 10.7. The summed E-state index contributed by atoms with van der Waals surface area (Å²) in [6, 6.07) is 6.89. The van der Waals surface area contributed by atoms with Crippen LogP contribution in [0.25, 0.3) is 0 Å². The minimum Gasteiger partial charge on any atom is -0.482 e. The van der Waals surface area contributed by atoms with Crippen LogP contribution in [0.2, 0.25) is 5.02 Å². The molecule has 96 valence electrons. The van der Waals surface area contributed by atoms with E-state index in [0.29, 0.717) is 28.1 Å². The van der Waals surface area contributed by atoms with Gasteiger partial charge in [0, 0.05) is 17.0 Å². The average Bonchev–Trinajstić information content (AvgIpc) is 3.16. The molecule has 0 N–H and O–H groups in total. The fourth-order valence-corrected chi connectivity index (χ4v) is 1.84. The highest BCUT2D eigenvalue weighted by Gasteiger charge is 2.28. The van der Waals surface area contributed by atoms with E-state index in [9.17, 15) is 0 Å². The van der Waals surface area contributed by atoms with Gasteiger partial charge in [-0.3, -0.25) is 0 Å². The number of hydrogen-bond donors (Lipinski definition) is 0. The molecule has 3 rings (SSSR count). The zero-order chi connectivity index (χ0) is 13.2. The first-order valence-electron chi connectivity index (χ1n) is 5.91. The van der Waals surface area contributed by atoms with Gasteiger partial charge in [-0.15, -0.1) is 0 Å². The van der Waals surface area contributed by atoms with E-state index in [1.165, 1.54) is 0 Å². The van der Waals surface area contributed by atoms with Crippen LogP contribution in [0.4, 0.5) is 0 Å². The van der Waals surface area contributed by atoms with Crippen LogP contribution < -0.4 is 4.74 Å². The molecule has 1 aromatic carbocycles. The van der Waals surface area contributed by atoms with E-state index in [1.807, 2.05) is 6.07 Å². The monoisotopic (exact) mass is 275 g/mol. The Morgan fingerprint density at radius 1 is 1.47 bits per heavy atom. The molecule has 1 aliphatic carbocycles. The van der Waals surface area contributed by atoms with Gasteiger partial charge < -0.3 is 9.26 Å². The van der Waals surface area contributed by atoms with E-state index >= 15 is 0 Å². The fraction of sp³-hybridized carbons (Fsp3) is 0.308. The van der Waals surface area contributed by atoms with Crippen molar-refractivity contribution in [3.05, 3.63) is 40.5 Å². The van der Waals surface area contributed by atoms with E-state index in [0.717, 1.165) is 18.7 Å². The molecule has 0 unspecified atom stereocenters. The van der Waals surface area contributed by atoms with Gasteiger partial charge in [0.05, 0.1) is 5.56 Å². The standard InChI is InChI=1S/C13H10ClN3O2/c14-10-4-3-9(6-15)11(5-10)18-7-12-16-13(17-19-12)8-1-2-8/h3-5,8H,1-2,7H2. The number of nitriles is 1. The van der Waals surface area contributed by atoms with Crippen molar-refractivity contribution in [2.75, 3.05) is 0 Å². The SMILES string of the molecule is N#Cc1ccc(Cl)cc1OCc1nc(C2CC2)no1. The normalized spacial score (nSPS) is 14.1. The first-order valence-corrected chi connectivity index (χ1v) is 6.29. The van der Waals surface area contributed by atoms with Crippen molar-refractivity contribution >= 4 is 11.6 Å². The summed E-state index contributed by atoms with van der Waals surface area (Å²) in [5.41, 5.74) is 0.423. The second-order valence-corrected chi connectivity index (χ2v) is 4.80. The minimum atomic E-state index is 0.134. The van der Waals surface area contributed by atoms with Gasteiger partial charge in [-0.2, -0.15) is 10.2 Å². The molecule has 1 fully saturated rings. The molecule has 0 atom stereocenters. The van der Waals surface area contributed by atoms with Gasteiger partial charge in [-0.1, -0.05) is 16.8 Å². The maximum atomic E-state index is 8.97. The lowest BCUT2D eigenvalue weighted by atomic mass is 10.2. The zero-order valence-electron chi connectivity index (χ0n) is 9.97. The van der Waals surface area contributed by atoms with E-state index in [-0.39, 0.29) is 6.61 Å². The molecule has 1 saturated carbocycles. The highest BCUT2D eigenvalue weighted by molar-refractivity contribution is 6.30. The molecule has 0 aliphatic heterocycles. The number of ether oxygens (including phenoxy) is 1. The molecule has 0 spiro atoms. The number of rotatable bonds is 4. The highest BCUT2D eigenvalue weighted by Crippen LogP contribution is 2.38. The summed E-state index contributed by atoms with van der Waals surface area (Å²) >= 11 is 5.87. The quantitative estimate of drug-likeness (QED) is 0.857. The Kier molecular flexibility index (Phi) is 3.10. The van der Waals surface area contributed by atoms with Crippen LogP contribution in [0.5, 0.6) is 5.75 Å². The third kappa shape index (κ3) is 2.69. The number of halogens is 1. The van der Waals surface area contributed by atoms with Gasteiger partial charge in [0.15, 0.2) is 12.4 Å². The second-order valence-electron chi connectivity index (χ2n) is 4.36. The number of hydrogen-bond acceptors (Lipinski definition) is 5. The predicted molar refractivity (Wildman–Crippen MR) is 66.8 cm³/mol. The lowest BCUT2D eigenvalue weighted by Crippen LogP contribution is -1.98. The third-order valence-electron chi connectivity index (χ3n) is 2.84. The number of benzene rings is 1. The van der Waals surface area contributed by atoms with Crippen LogP contribution in [-0.4, -0.2) is 10.1 Å². The van der Waals surface area contributed by atoms with Gasteiger partial charge in [0.2, 0.25) is 0 Å². The summed E-state index contributed by atoms with van der Waals surface area (Å²) in [6.07, 6.45) is 2.24. The summed E-state index contributed by atoms with van der Waals surface area (Å²) in [5.74, 6) is 2.01. The van der Waals surface area contributed by atoms with Crippen LogP contribution in [0, 0.1) is 11.3 Å². The maximum Gasteiger partial charge on any atom is 0.264 e. The van der Waals surface area contributed by atoms with E-state index < -0.39 is 0 Å². The molecule has 5 nitrogen and oxygen atoms in total. The van der Waals surface area contributed by atoms with E-state index in [4.69, 9.17) is 26.1 Å². The van der Waals surface area contributed by atoms with Gasteiger partial charge in [0.25, 0.3) is 5.89 Å². The van der Waals surface area contributed by atoms with E-state index in [1.54, 1.807) is 18.2 Å². The van der Waals surface area contributed by atoms with Gasteiger partial charge in [-0.25, -0.2) is 0 Å². The summed E-state index contributed by atoms with van der Waals surface area (Å²) in [7, 11) is 0. The predicted octanol–water partition coefficient (Wildman–Crippen LogP) is 3.05. The molecule has 2 aromatic rings. The molecular formula is C13H10ClN3O2. The van der Waals surface area contributed by atoms with Crippen LogP contribution in [0.3, 0.4) is 0 Å². The minimum absolute atomic E-state index is 0.134. The molecule has 0 amide bonds. The molecule has 0 saturated heterocycles. The first-order chi connectivity index (χ1) is 9.26. The Morgan fingerprint density at radius 2 is 2.32 bits per heavy atom. The summed E-state index contributed by atoms with van der Waals surface area (Å²) < 4.78 is 10.6. The molecular weight excluding hydrogens is 266 g/mol. The van der Waals surface area contributed by atoms with Gasteiger partial charge in [0.1, 0.15) is 11.8 Å². The van der Waals surface area contributed by atoms with Crippen LogP contribution >= 0.6 is 11.6 Å². The van der Waals surface area contributed by atoms with Gasteiger partial charge in [-0.05, 0) is 25.0 Å². The topological polar surface area (TPSA) is 71.9 Å². The largest absolute Gasteiger partial charge is 0.482 e. The summed E-state index contributed by atoms with van der Waals surface area (Å²) in [5, 5.41) is 13.4. The molecule has 1 aliphatic rings. The first kappa shape index (κ1) is 12.0. The smallest absolute Gasteiger partial charge is 0.264 e. The Morgan fingerprint density at radius 3 is 3.05 bits per heavy atom. The second kappa shape index (κ2) is 4.90. The van der Waals surface area contributed by atoms with Crippen LogP contribution in [-0.2, 0) is 6.61 Å². The molecule has 6 heteroatoms. The van der Waals surface area contributed by atoms with Crippen LogP contribution in [0.1, 0.15) is 36.0 Å².